The molecule has 1 aromatic rings. The van der Waals surface area contributed by atoms with Gasteiger partial charge in [0.2, 0.25) is 0 Å². The first-order chi connectivity index (χ1) is 7.98. The lowest BCUT2D eigenvalue weighted by molar-refractivity contribution is -0.137. The molecule has 2 nitrogen and oxygen atoms in total. The Bertz CT molecular complexity index is 422. The lowest BCUT2D eigenvalue weighted by Crippen LogP contribution is -2.30. The van der Waals surface area contributed by atoms with E-state index in [0.717, 1.165) is 25.1 Å². The van der Waals surface area contributed by atoms with Crippen LogP contribution in [0.1, 0.15) is 28.8 Å². The van der Waals surface area contributed by atoms with E-state index in [2.05, 4.69) is 5.32 Å². The number of ketones is 1. The molecule has 1 aliphatic rings. The normalized spacial score (nSPS) is 20.5. The van der Waals surface area contributed by atoms with Crippen molar-refractivity contribution in [1.82, 2.24) is 5.32 Å². The Balaban J connectivity index is 2.24. The van der Waals surface area contributed by atoms with Crippen LogP contribution in [0.15, 0.2) is 24.3 Å². The number of hydrogen-bond acceptors (Lipinski definition) is 2. The van der Waals surface area contributed by atoms with Gasteiger partial charge in [-0.2, -0.15) is 13.2 Å². The molecule has 1 fully saturated rings. The Morgan fingerprint density at radius 3 is 2.71 bits per heavy atom. The smallest absolute Gasteiger partial charge is 0.307 e. The van der Waals surface area contributed by atoms with E-state index < -0.39 is 11.7 Å². The molecule has 1 heterocycles. The Kier molecular flexibility index (Phi) is 3.19. The fraction of sp³-hybridized carbons (Fsp3) is 0.417. The molecule has 1 aromatic carbocycles. The fourth-order valence-electron chi connectivity index (χ4n) is 1.96. The Hall–Kier alpha value is -1.36. The van der Waals surface area contributed by atoms with Gasteiger partial charge in [0, 0.05) is 5.56 Å². The van der Waals surface area contributed by atoms with Crippen LogP contribution in [-0.2, 0) is 6.18 Å². The molecule has 0 radical (unpaired) electrons. The zero-order valence-corrected chi connectivity index (χ0v) is 9.05. The SMILES string of the molecule is O=C(c1cccc(C(F)(F)F)c1)[C@H]1CCCN1. The highest BCUT2D eigenvalue weighted by molar-refractivity contribution is 6.00. The highest BCUT2D eigenvalue weighted by Gasteiger charge is 2.31. The van der Waals surface area contributed by atoms with Crippen LogP contribution in [0.5, 0.6) is 0 Å². The van der Waals surface area contributed by atoms with Crippen LogP contribution in [0.25, 0.3) is 0 Å². The van der Waals surface area contributed by atoms with Gasteiger partial charge >= 0.3 is 6.18 Å². The lowest BCUT2D eigenvalue weighted by Gasteiger charge is -2.11. The van der Waals surface area contributed by atoms with Crippen molar-refractivity contribution in [3.63, 3.8) is 0 Å². The minimum atomic E-state index is -4.40. The van der Waals surface area contributed by atoms with Gasteiger partial charge in [-0.1, -0.05) is 12.1 Å². The summed E-state index contributed by atoms with van der Waals surface area (Å²) in [5.74, 6) is -0.256. The van der Waals surface area contributed by atoms with Crippen molar-refractivity contribution >= 4 is 5.78 Å². The molecule has 1 saturated heterocycles. The van der Waals surface area contributed by atoms with Gasteiger partial charge in [-0.05, 0) is 31.5 Å². The van der Waals surface area contributed by atoms with Crippen molar-refractivity contribution in [2.45, 2.75) is 25.1 Å². The maximum atomic E-state index is 12.5. The standard InChI is InChI=1S/C12H12F3NO/c13-12(14,15)9-4-1-3-8(7-9)11(17)10-5-2-6-16-10/h1,3-4,7,10,16H,2,5-6H2/t10-/m1/s1. The van der Waals surface area contributed by atoms with Crippen molar-refractivity contribution in [1.29, 1.82) is 0 Å². The van der Waals surface area contributed by atoms with Crippen LogP contribution >= 0.6 is 0 Å². The number of Topliss-reactive ketones (excluding diaryl/α,β-unsaturated/α-hetero) is 1. The van der Waals surface area contributed by atoms with E-state index in [9.17, 15) is 18.0 Å². The number of halogens is 3. The Morgan fingerprint density at radius 2 is 2.12 bits per heavy atom. The van der Waals surface area contributed by atoms with Gasteiger partial charge in [0.1, 0.15) is 0 Å². The van der Waals surface area contributed by atoms with E-state index in [0.29, 0.717) is 6.42 Å². The molecular weight excluding hydrogens is 231 g/mol. The summed E-state index contributed by atoms with van der Waals surface area (Å²) in [6.45, 7) is 0.745. The summed E-state index contributed by atoms with van der Waals surface area (Å²) in [7, 11) is 0. The zero-order valence-electron chi connectivity index (χ0n) is 9.05. The second kappa shape index (κ2) is 4.49. The quantitative estimate of drug-likeness (QED) is 0.809. The molecule has 0 aliphatic carbocycles. The average molecular weight is 243 g/mol. The van der Waals surface area contributed by atoms with Crippen LogP contribution < -0.4 is 5.32 Å². The summed E-state index contributed by atoms with van der Waals surface area (Å²) in [4.78, 5) is 11.9. The molecule has 0 amide bonds. The number of benzene rings is 1. The van der Waals surface area contributed by atoms with Crippen LogP contribution in [0.4, 0.5) is 13.2 Å². The van der Waals surface area contributed by atoms with Crippen molar-refractivity contribution in [3.8, 4) is 0 Å². The third-order valence-corrected chi connectivity index (χ3v) is 2.85. The molecule has 0 unspecified atom stereocenters. The van der Waals surface area contributed by atoms with Crippen molar-refractivity contribution in [3.05, 3.63) is 35.4 Å². The number of carbonyl (C=O) groups is 1. The van der Waals surface area contributed by atoms with Gasteiger partial charge in [0.05, 0.1) is 11.6 Å². The molecule has 5 heteroatoms. The number of nitrogens with one attached hydrogen (secondary N) is 1. The second-order valence-corrected chi connectivity index (χ2v) is 4.09. The largest absolute Gasteiger partial charge is 0.416 e. The third kappa shape index (κ3) is 2.66. The minimum absolute atomic E-state index is 0.124. The van der Waals surface area contributed by atoms with E-state index in [1.54, 1.807) is 0 Å². The summed E-state index contributed by atoms with van der Waals surface area (Å²) in [5.41, 5.74) is -0.652. The predicted molar refractivity (Wildman–Crippen MR) is 56.8 cm³/mol. The number of hydrogen-bond donors (Lipinski definition) is 1. The Labute approximate surface area is 96.8 Å². The van der Waals surface area contributed by atoms with Gasteiger partial charge in [0.25, 0.3) is 0 Å². The molecule has 1 N–H and O–H groups in total. The first-order valence-corrected chi connectivity index (χ1v) is 5.43. The van der Waals surface area contributed by atoms with Crippen LogP contribution in [0, 0.1) is 0 Å². The molecular formula is C12H12F3NO. The minimum Gasteiger partial charge on any atom is -0.307 e. The van der Waals surface area contributed by atoms with Crippen LogP contribution in [-0.4, -0.2) is 18.4 Å². The van der Waals surface area contributed by atoms with E-state index in [1.165, 1.54) is 12.1 Å². The van der Waals surface area contributed by atoms with Crippen molar-refractivity contribution < 1.29 is 18.0 Å². The van der Waals surface area contributed by atoms with Crippen LogP contribution in [0.3, 0.4) is 0 Å². The first kappa shape index (κ1) is 12.1. The monoisotopic (exact) mass is 243 g/mol. The molecule has 0 bridgehead atoms. The summed E-state index contributed by atoms with van der Waals surface area (Å²) in [6, 6.07) is 4.25. The van der Waals surface area contributed by atoms with E-state index in [-0.39, 0.29) is 17.4 Å². The van der Waals surface area contributed by atoms with E-state index in [4.69, 9.17) is 0 Å². The lowest BCUT2D eigenvalue weighted by atomic mass is 10.0. The third-order valence-electron chi connectivity index (χ3n) is 2.85. The topological polar surface area (TPSA) is 29.1 Å². The maximum Gasteiger partial charge on any atom is 0.416 e. The Morgan fingerprint density at radius 1 is 1.35 bits per heavy atom. The van der Waals surface area contributed by atoms with E-state index in [1.807, 2.05) is 0 Å². The molecule has 1 aliphatic heterocycles. The number of alkyl halides is 3. The molecule has 17 heavy (non-hydrogen) atoms. The molecule has 0 saturated carbocycles. The summed E-state index contributed by atoms with van der Waals surface area (Å²) in [5, 5.41) is 2.98. The average Bonchev–Trinajstić information content (AvgIpc) is 2.80. The van der Waals surface area contributed by atoms with Crippen molar-refractivity contribution in [2.75, 3.05) is 6.54 Å². The van der Waals surface area contributed by atoms with E-state index >= 15 is 0 Å². The summed E-state index contributed by atoms with van der Waals surface area (Å²) >= 11 is 0. The van der Waals surface area contributed by atoms with Crippen molar-refractivity contribution in [2.24, 2.45) is 0 Å². The van der Waals surface area contributed by atoms with Crippen LogP contribution in [0.2, 0.25) is 0 Å². The number of carbonyl (C=O) groups excluding carboxylic acids is 1. The molecule has 1 atom stereocenters. The molecule has 0 aromatic heterocycles. The molecule has 92 valence electrons. The van der Waals surface area contributed by atoms with Gasteiger partial charge in [-0.15, -0.1) is 0 Å². The molecule has 2 rings (SSSR count). The van der Waals surface area contributed by atoms with Gasteiger partial charge in [0.15, 0.2) is 5.78 Å². The first-order valence-electron chi connectivity index (χ1n) is 5.43. The zero-order chi connectivity index (χ0) is 12.5. The fourth-order valence-corrected chi connectivity index (χ4v) is 1.96. The summed E-state index contributed by atoms with van der Waals surface area (Å²) in [6.07, 6.45) is -2.83. The highest BCUT2D eigenvalue weighted by atomic mass is 19.4. The van der Waals surface area contributed by atoms with Gasteiger partial charge in [-0.3, -0.25) is 4.79 Å². The maximum absolute atomic E-state index is 12.5. The van der Waals surface area contributed by atoms with Gasteiger partial charge in [-0.25, -0.2) is 0 Å². The predicted octanol–water partition coefficient (Wildman–Crippen LogP) is 2.64. The highest BCUT2D eigenvalue weighted by Crippen LogP contribution is 2.30. The molecule has 0 spiro atoms. The second-order valence-electron chi connectivity index (χ2n) is 4.09. The number of rotatable bonds is 2. The summed E-state index contributed by atoms with van der Waals surface area (Å²) < 4.78 is 37.4. The van der Waals surface area contributed by atoms with Gasteiger partial charge < -0.3 is 5.32 Å².